The van der Waals surface area contributed by atoms with Crippen molar-refractivity contribution in [2.75, 3.05) is 27.4 Å². The van der Waals surface area contributed by atoms with Gasteiger partial charge >= 0.3 is 7.52 Å². The number of ether oxygens (including phenoxy) is 2. The Kier molecular flexibility index (Phi) is 4.55. The lowest BCUT2D eigenvalue weighted by molar-refractivity contribution is 0.103. The van der Waals surface area contributed by atoms with Crippen molar-refractivity contribution in [1.82, 2.24) is 4.67 Å². The number of hydrogen-bond donors (Lipinski definition) is 0. The molecule has 0 aromatic heterocycles. The zero-order chi connectivity index (χ0) is 18.3. The third-order valence-electron chi connectivity index (χ3n) is 5.37. The number of fused-ring (bicyclic) bond motifs is 3. The summed E-state index contributed by atoms with van der Waals surface area (Å²) in [4.78, 5) is 0. The molecule has 2 aromatic carbocycles. The van der Waals surface area contributed by atoms with E-state index in [-0.39, 0.29) is 12.0 Å². The summed E-state index contributed by atoms with van der Waals surface area (Å²) in [5, 5.41) is 0.765. The Balaban J connectivity index is 1.82. The third-order valence-corrected chi connectivity index (χ3v) is 7.94. The molecule has 5 nitrogen and oxygen atoms in total. The minimum absolute atomic E-state index is 0.0401. The maximum absolute atomic E-state index is 13.9. The zero-order valence-corrected chi connectivity index (χ0v) is 16.2. The monoisotopic (exact) mass is 373 g/mol. The average molecular weight is 373 g/mol. The maximum atomic E-state index is 13.9. The first-order valence-electron chi connectivity index (χ1n) is 8.90. The quantitative estimate of drug-likeness (QED) is 0.766. The Labute approximate surface area is 154 Å². The van der Waals surface area contributed by atoms with Crippen molar-refractivity contribution in [3.63, 3.8) is 0 Å². The molecule has 0 saturated carbocycles. The van der Waals surface area contributed by atoms with Crippen LogP contribution in [0.15, 0.2) is 42.5 Å². The van der Waals surface area contributed by atoms with Gasteiger partial charge in [-0.3, -0.25) is 4.57 Å². The molecule has 0 unspecified atom stereocenters. The van der Waals surface area contributed by atoms with Crippen LogP contribution in [-0.2, 0) is 15.5 Å². The fraction of sp³-hybridized carbons (Fsp3) is 0.400. The first kappa shape index (κ1) is 17.6. The molecule has 0 radical (unpaired) electrons. The summed E-state index contributed by atoms with van der Waals surface area (Å²) in [7, 11) is 0.227. The van der Waals surface area contributed by atoms with Gasteiger partial charge in [0.05, 0.1) is 26.1 Å². The molecular formula is C20H24NO4P. The Hall–Kier alpha value is -1.81. The summed E-state index contributed by atoms with van der Waals surface area (Å²) in [6.45, 7) is 3.32. The van der Waals surface area contributed by atoms with Crippen molar-refractivity contribution in [1.29, 1.82) is 0 Å². The second kappa shape index (κ2) is 6.73. The van der Waals surface area contributed by atoms with E-state index in [4.69, 9.17) is 14.0 Å². The number of benzene rings is 2. The fourth-order valence-corrected chi connectivity index (χ4v) is 6.71. The predicted octanol–water partition coefficient (Wildman–Crippen LogP) is 3.79. The molecule has 0 spiro atoms. The van der Waals surface area contributed by atoms with Gasteiger partial charge in [-0.2, -0.15) is 0 Å². The molecule has 2 aromatic rings. The molecule has 1 fully saturated rings. The van der Waals surface area contributed by atoms with E-state index in [1.54, 1.807) is 14.2 Å². The maximum Gasteiger partial charge on any atom is 0.302 e. The normalized spacial score (nSPS) is 28.1. The summed E-state index contributed by atoms with van der Waals surface area (Å²) in [6, 6.07) is 13.7. The van der Waals surface area contributed by atoms with E-state index in [2.05, 4.69) is 17.7 Å². The average Bonchev–Trinajstić information content (AvgIpc) is 2.69. The minimum atomic E-state index is -3.07. The SMILES string of the molecule is COc1cc2c(cc1OC)[C@H]1[C@H](C)CO[P@@](=O)(c3ccccc3)N1CC2. The van der Waals surface area contributed by atoms with Gasteiger partial charge in [-0.1, -0.05) is 25.1 Å². The topological polar surface area (TPSA) is 48.0 Å². The largest absolute Gasteiger partial charge is 0.493 e. The summed E-state index contributed by atoms with van der Waals surface area (Å²) >= 11 is 0. The molecule has 26 heavy (non-hydrogen) atoms. The van der Waals surface area contributed by atoms with Crippen LogP contribution in [0, 0.1) is 5.92 Å². The van der Waals surface area contributed by atoms with Gasteiger partial charge in [0, 0.05) is 18.5 Å². The van der Waals surface area contributed by atoms with E-state index < -0.39 is 7.52 Å². The molecule has 0 N–H and O–H groups in total. The lowest BCUT2D eigenvalue weighted by Gasteiger charge is -2.47. The van der Waals surface area contributed by atoms with Gasteiger partial charge < -0.3 is 14.0 Å². The van der Waals surface area contributed by atoms with Gasteiger partial charge in [0.2, 0.25) is 0 Å². The molecule has 0 bridgehead atoms. The number of rotatable bonds is 3. The molecule has 3 atom stereocenters. The lowest BCUT2D eigenvalue weighted by atomic mass is 9.87. The van der Waals surface area contributed by atoms with Crippen molar-refractivity contribution in [3.8, 4) is 11.5 Å². The lowest BCUT2D eigenvalue weighted by Crippen LogP contribution is -2.44. The van der Waals surface area contributed by atoms with Gasteiger partial charge in [-0.25, -0.2) is 4.67 Å². The van der Waals surface area contributed by atoms with Gasteiger partial charge in [0.1, 0.15) is 0 Å². The van der Waals surface area contributed by atoms with Crippen molar-refractivity contribution in [3.05, 3.63) is 53.6 Å². The Morgan fingerprint density at radius 1 is 1.12 bits per heavy atom. The van der Waals surface area contributed by atoms with Crippen LogP contribution in [0.5, 0.6) is 11.5 Å². The summed E-state index contributed by atoms with van der Waals surface area (Å²) in [5.74, 6) is 1.69. The number of nitrogens with zero attached hydrogens (tertiary/aromatic N) is 1. The second-order valence-electron chi connectivity index (χ2n) is 6.89. The van der Waals surface area contributed by atoms with Crippen LogP contribution < -0.4 is 14.8 Å². The molecule has 6 heteroatoms. The highest BCUT2D eigenvalue weighted by atomic mass is 31.2. The molecule has 1 saturated heterocycles. The highest BCUT2D eigenvalue weighted by Crippen LogP contribution is 2.61. The van der Waals surface area contributed by atoms with Crippen LogP contribution >= 0.6 is 7.52 Å². The molecule has 138 valence electrons. The number of hydrogen-bond acceptors (Lipinski definition) is 4. The highest BCUT2D eigenvalue weighted by Gasteiger charge is 2.48. The van der Waals surface area contributed by atoms with E-state index in [9.17, 15) is 4.57 Å². The van der Waals surface area contributed by atoms with Crippen LogP contribution in [0.1, 0.15) is 24.1 Å². The summed E-state index contributed by atoms with van der Waals surface area (Å²) in [6.07, 6.45) is 0.805. The van der Waals surface area contributed by atoms with E-state index in [1.807, 2.05) is 36.4 Å². The van der Waals surface area contributed by atoms with Gasteiger partial charge in [-0.15, -0.1) is 0 Å². The zero-order valence-electron chi connectivity index (χ0n) is 15.3. The van der Waals surface area contributed by atoms with Gasteiger partial charge in [0.15, 0.2) is 11.5 Å². The standard InChI is InChI=1S/C20H24NO4P/c1-14-13-25-26(22,16-7-5-4-6-8-16)21-10-9-15-11-18(23-2)19(24-3)12-17(15)20(14)21/h4-8,11-12,14,20H,9-10,13H2,1-3H3/t14-,20-,26+/m1/s1. The Morgan fingerprint density at radius 3 is 2.50 bits per heavy atom. The van der Waals surface area contributed by atoms with E-state index in [0.717, 1.165) is 17.5 Å². The predicted molar refractivity (Wildman–Crippen MR) is 101 cm³/mol. The fourth-order valence-electron chi connectivity index (χ4n) is 4.08. The van der Waals surface area contributed by atoms with Crippen molar-refractivity contribution >= 4 is 12.8 Å². The highest BCUT2D eigenvalue weighted by molar-refractivity contribution is 7.64. The summed E-state index contributed by atoms with van der Waals surface area (Å²) < 4.78 is 32.9. The molecule has 0 amide bonds. The van der Waals surface area contributed by atoms with Crippen LogP contribution in [0.4, 0.5) is 0 Å². The Bertz CT molecular complexity index is 854. The molecule has 2 aliphatic heterocycles. The summed E-state index contributed by atoms with van der Waals surface area (Å²) in [5.41, 5.74) is 2.40. The first-order valence-corrected chi connectivity index (χ1v) is 10.5. The molecular weight excluding hydrogens is 349 g/mol. The van der Waals surface area contributed by atoms with Crippen LogP contribution in [0.2, 0.25) is 0 Å². The third kappa shape index (κ3) is 2.66. The number of methoxy groups -OCH3 is 2. The first-order chi connectivity index (χ1) is 12.6. The second-order valence-corrected chi connectivity index (χ2v) is 9.22. The minimum Gasteiger partial charge on any atom is -0.493 e. The van der Waals surface area contributed by atoms with Crippen molar-refractivity contribution in [2.45, 2.75) is 19.4 Å². The van der Waals surface area contributed by atoms with Crippen molar-refractivity contribution in [2.24, 2.45) is 5.92 Å². The molecule has 2 aliphatic rings. The van der Waals surface area contributed by atoms with Crippen molar-refractivity contribution < 1.29 is 18.6 Å². The van der Waals surface area contributed by atoms with E-state index in [0.29, 0.717) is 18.9 Å². The van der Waals surface area contributed by atoms with Crippen LogP contribution in [-0.4, -0.2) is 32.0 Å². The van der Waals surface area contributed by atoms with Gasteiger partial charge in [0.25, 0.3) is 0 Å². The molecule has 4 rings (SSSR count). The molecule has 2 heterocycles. The van der Waals surface area contributed by atoms with E-state index in [1.165, 1.54) is 11.1 Å². The Morgan fingerprint density at radius 2 is 1.81 bits per heavy atom. The van der Waals surface area contributed by atoms with E-state index >= 15 is 0 Å². The smallest absolute Gasteiger partial charge is 0.302 e. The molecule has 0 aliphatic carbocycles. The van der Waals surface area contributed by atoms with Crippen LogP contribution in [0.3, 0.4) is 0 Å². The van der Waals surface area contributed by atoms with Crippen LogP contribution in [0.25, 0.3) is 0 Å². The van der Waals surface area contributed by atoms with Gasteiger partial charge in [-0.05, 0) is 41.8 Å².